The highest BCUT2D eigenvalue weighted by atomic mass is 35.5. The molecule has 2 aromatic carbocycles. The average molecular weight is 445 g/mol. The minimum Gasteiger partial charge on any atom is -0.478 e. The Morgan fingerprint density at radius 3 is 2.21 bits per heavy atom. The summed E-state index contributed by atoms with van der Waals surface area (Å²) in [5.74, 6) is -0.135. The van der Waals surface area contributed by atoms with Crippen LogP contribution in [-0.4, -0.2) is 32.3 Å². The molecule has 0 saturated heterocycles. The molecule has 0 unspecified atom stereocenters. The van der Waals surface area contributed by atoms with E-state index >= 15 is 0 Å². The molecule has 0 bridgehead atoms. The van der Waals surface area contributed by atoms with E-state index in [1.807, 2.05) is 0 Å². The summed E-state index contributed by atoms with van der Waals surface area (Å²) in [7, 11) is -3.39. The van der Waals surface area contributed by atoms with Gasteiger partial charge in [0.1, 0.15) is 11.4 Å². The molecule has 0 aliphatic rings. The molecule has 0 spiro atoms. The van der Waals surface area contributed by atoms with Gasteiger partial charge in [0, 0.05) is 27.4 Å². The fourth-order valence-electron chi connectivity index (χ4n) is 2.38. The predicted octanol–water partition coefficient (Wildman–Crippen LogP) is 5.17. The number of hydrogen-bond acceptors (Lipinski definition) is 5. The summed E-state index contributed by atoms with van der Waals surface area (Å²) >= 11 is 12.4. The molecule has 28 heavy (non-hydrogen) atoms. The largest absolute Gasteiger partial charge is 0.478 e. The number of sulfone groups is 1. The molecule has 0 aromatic heterocycles. The lowest BCUT2D eigenvalue weighted by Gasteiger charge is -2.23. The van der Waals surface area contributed by atoms with Gasteiger partial charge in [-0.05, 0) is 58.0 Å². The summed E-state index contributed by atoms with van der Waals surface area (Å²) in [5, 5.41) is 0.662. The smallest absolute Gasteiger partial charge is 0.347 e. The lowest BCUT2D eigenvalue weighted by molar-refractivity contribution is -0.162. The van der Waals surface area contributed by atoms with Crippen LogP contribution in [-0.2, 0) is 19.4 Å². The normalized spacial score (nSPS) is 13.1. The molecule has 152 valence electrons. The summed E-state index contributed by atoms with van der Waals surface area (Å²) in [6, 6.07) is 9.29. The average Bonchev–Trinajstić information content (AvgIpc) is 2.54. The van der Waals surface area contributed by atoms with Crippen LogP contribution in [0.4, 0.5) is 0 Å². The second-order valence-corrected chi connectivity index (χ2v) is 10.2. The Morgan fingerprint density at radius 2 is 1.68 bits per heavy atom. The maximum atomic E-state index is 12.2. The van der Waals surface area contributed by atoms with Crippen LogP contribution < -0.4 is 4.74 Å². The molecule has 0 amide bonds. The van der Waals surface area contributed by atoms with Gasteiger partial charge in [0.15, 0.2) is 15.9 Å². The molecule has 0 saturated carbocycles. The van der Waals surface area contributed by atoms with Gasteiger partial charge in [-0.15, -0.1) is 0 Å². The second-order valence-electron chi connectivity index (χ2n) is 7.35. The van der Waals surface area contributed by atoms with Crippen molar-refractivity contribution in [3.63, 3.8) is 0 Å². The van der Waals surface area contributed by atoms with Crippen LogP contribution in [0.3, 0.4) is 0 Å². The highest BCUT2D eigenvalue weighted by Gasteiger charge is 2.24. The fraction of sp³-hybridized carbons (Fsp3) is 0.350. The van der Waals surface area contributed by atoms with Crippen molar-refractivity contribution in [2.45, 2.75) is 44.3 Å². The lowest BCUT2D eigenvalue weighted by Crippen LogP contribution is -2.33. The maximum Gasteiger partial charge on any atom is 0.347 e. The summed E-state index contributed by atoms with van der Waals surface area (Å²) in [6.45, 7) is 6.90. The van der Waals surface area contributed by atoms with Crippen molar-refractivity contribution in [3.8, 4) is 16.9 Å². The quantitative estimate of drug-likeness (QED) is 0.594. The topological polar surface area (TPSA) is 69.7 Å². The molecule has 0 fully saturated rings. The van der Waals surface area contributed by atoms with Crippen LogP contribution in [0.25, 0.3) is 11.1 Å². The van der Waals surface area contributed by atoms with Crippen LogP contribution in [0.15, 0.2) is 41.3 Å². The Morgan fingerprint density at radius 1 is 1.04 bits per heavy atom. The first-order chi connectivity index (χ1) is 12.8. The summed E-state index contributed by atoms with van der Waals surface area (Å²) < 4.78 is 34.6. The molecule has 0 heterocycles. The van der Waals surface area contributed by atoms with Gasteiger partial charge in [0.05, 0.1) is 4.90 Å². The van der Waals surface area contributed by atoms with E-state index in [-0.39, 0.29) is 9.92 Å². The Labute approximate surface area is 175 Å². The first-order valence-corrected chi connectivity index (χ1v) is 11.1. The lowest BCUT2D eigenvalue weighted by atomic mass is 10.0. The van der Waals surface area contributed by atoms with Gasteiger partial charge >= 0.3 is 5.97 Å². The summed E-state index contributed by atoms with van der Waals surface area (Å²) in [4.78, 5) is 12.3. The fourth-order valence-corrected chi connectivity index (χ4v) is 3.55. The number of carbonyl (C=O) groups excluding carboxylic acids is 1. The maximum absolute atomic E-state index is 12.2. The van der Waals surface area contributed by atoms with Gasteiger partial charge in [0.25, 0.3) is 0 Å². The third-order valence-electron chi connectivity index (χ3n) is 3.64. The molecule has 2 aromatic rings. The predicted molar refractivity (Wildman–Crippen MR) is 111 cm³/mol. The molecule has 5 nitrogen and oxygen atoms in total. The molecule has 0 radical (unpaired) electrons. The summed E-state index contributed by atoms with van der Waals surface area (Å²) in [5.41, 5.74) is 0.429. The number of rotatable bonds is 5. The molecular weight excluding hydrogens is 423 g/mol. The zero-order valence-electron chi connectivity index (χ0n) is 16.2. The monoisotopic (exact) mass is 444 g/mol. The van der Waals surface area contributed by atoms with Gasteiger partial charge in [-0.1, -0.05) is 29.3 Å². The molecule has 2 rings (SSSR count). The van der Waals surface area contributed by atoms with Gasteiger partial charge in [0.2, 0.25) is 0 Å². The zero-order valence-corrected chi connectivity index (χ0v) is 18.6. The van der Waals surface area contributed by atoms with Crippen LogP contribution in [0.2, 0.25) is 10.0 Å². The minimum atomic E-state index is -3.39. The van der Waals surface area contributed by atoms with E-state index in [9.17, 15) is 13.2 Å². The van der Waals surface area contributed by atoms with Crippen LogP contribution in [0.1, 0.15) is 27.7 Å². The van der Waals surface area contributed by atoms with E-state index in [2.05, 4.69) is 0 Å². The van der Waals surface area contributed by atoms with Crippen LogP contribution in [0.5, 0.6) is 5.75 Å². The molecule has 1 atom stereocenters. The standard InChI is InChI=1S/C20H22Cl2O5S/c1-12(19(23)27-20(2,3)4)26-18-9-6-13(21)10-16(18)15-8-7-14(11-17(15)22)28(5,24)25/h6-12H,1-5H3/t12-/m0/s1. The van der Waals surface area contributed by atoms with E-state index in [1.165, 1.54) is 12.1 Å². The van der Waals surface area contributed by atoms with Crippen molar-refractivity contribution in [1.82, 2.24) is 0 Å². The van der Waals surface area contributed by atoms with Gasteiger partial charge in [-0.25, -0.2) is 13.2 Å². The van der Waals surface area contributed by atoms with E-state index in [1.54, 1.807) is 52.0 Å². The summed E-state index contributed by atoms with van der Waals surface area (Å²) in [6.07, 6.45) is 0.239. The molecule has 0 N–H and O–H groups in total. The van der Waals surface area contributed by atoms with Crippen LogP contribution in [0, 0.1) is 0 Å². The van der Waals surface area contributed by atoms with Crippen molar-refractivity contribution in [2.24, 2.45) is 0 Å². The Balaban J connectivity index is 2.42. The van der Waals surface area contributed by atoms with E-state index < -0.39 is 27.5 Å². The van der Waals surface area contributed by atoms with Crippen LogP contribution >= 0.6 is 23.2 Å². The van der Waals surface area contributed by atoms with Crippen molar-refractivity contribution in [1.29, 1.82) is 0 Å². The third kappa shape index (κ3) is 5.87. The first kappa shape index (κ1) is 22.5. The Hall–Kier alpha value is -1.76. The highest BCUT2D eigenvalue weighted by molar-refractivity contribution is 7.90. The van der Waals surface area contributed by atoms with E-state index in [4.69, 9.17) is 32.7 Å². The highest BCUT2D eigenvalue weighted by Crippen LogP contribution is 2.38. The molecule has 8 heteroatoms. The van der Waals surface area contributed by atoms with Gasteiger partial charge in [-0.3, -0.25) is 0 Å². The van der Waals surface area contributed by atoms with Crippen molar-refractivity contribution >= 4 is 39.0 Å². The van der Waals surface area contributed by atoms with E-state index in [0.717, 1.165) is 6.26 Å². The van der Waals surface area contributed by atoms with Crippen molar-refractivity contribution in [2.75, 3.05) is 6.26 Å². The van der Waals surface area contributed by atoms with Crippen molar-refractivity contribution in [3.05, 3.63) is 46.4 Å². The Bertz CT molecular complexity index is 994. The first-order valence-electron chi connectivity index (χ1n) is 8.47. The number of halogens is 2. The zero-order chi connectivity index (χ0) is 21.3. The molecular formula is C20H22Cl2O5S. The molecule has 0 aliphatic carbocycles. The third-order valence-corrected chi connectivity index (χ3v) is 5.30. The number of carbonyl (C=O) groups is 1. The number of hydrogen-bond donors (Lipinski definition) is 0. The second kappa shape index (κ2) is 8.31. The van der Waals surface area contributed by atoms with Gasteiger partial charge < -0.3 is 9.47 Å². The number of benzene rings is 2. The Kier molecular flexibility index (Phi) is 6.69. The molecule has 0 aliphatic heterocycles. The number of ether oxygens (including phenoxy) is 2. The minimum absolute atomic E-state index is 0.105. The van der Waals surface area contributed by atoms with Gasteiger partial charge in [-0.2, -0.15) is 0 Å². The number of esters is 1. The van der Waals surface area contributed by atoms with E-state index in [0.29, 0.717) is 21.9 Å². The SMILES string of the molecule is C[C@H](Oc1ccc(Cl)cc1-c1ccc(S(C)(=O)=O)cc1Cl)C(=O)OC(C)(C)C. The van der Waals surface area contributed by atoms with Crippen molar-refractivity contribution < 1.29 is 22.7 Å².